The van der Waals surface area contributed by atoms with Gasteiger partial charge in [0.1, 0.15) is 17.0 Å². The molecule has 0 bridgehead atoms. The monoisotopic (exact) mass is 444 g/mol. The minimum absolute atomic E-state index is 0.0782. The number of hydrogen-bond acceptors (Lipinski definition) is 8. The Bertz CT molecular complexity index is 1270. The summed E-state index contributed by atoms with van der Waals surface area (Å²) in [6.45, 7) is 1.49. The lowest BCUT2D eigenvalue weighted by Crippen LogP contribution is -2.45. The highest BCUT2D eigenvalue weighted by molar-refractivity contribution is 5.92. The van der Waals surface area contributed by atoms with E-state index in [0.717, 1.165) is 48.8 Å². The van der Waals surface area contributed by atoms with Crippen LogP contribution in [0.2, 0.25) is 0 Å². The van der Waals surface area contributed by atoms with Crippen LogP contribution in [-0.2, 0) is 0 Å². The summed E-state index contributed by atoms with van der Waals surface area (Å²) in [5.74, 6) is 2.61. The number of hydrogen-bond donors (Lipinski definition) is 3. The molecule has 5 heterocycles. The average molecular weight is 445 g/mol. The van der Waals surface area contributed by atoms with Crippen LogP contribution in [0.5, 0.6) is 0 Å². The SMILES string of the molecule is O=C(NC1CCN(c2nc(Nc3cc(C4CC4)n[nH]3)c3cccn3n2)CC1)c1cnccn1. The Morgan fingerprint density at radius 2 is 2.03 bits per heavy atom. The molecule has 1 amide bonds. The number of anilines is 3. The van der Waals surface area contributed by atoms with E-state index in [1.165, 1.54) is 25.2 Å². The van der Waals surface area contributed by atoms with Gasteiger partial charge in [0.2, 0.25) is 5.95 Å². The van der Waals surface area contributed by atoms with Crippen LogP contribution in [0.15, 0.2) is 43.0 Å². The molecule has 2 fully saturated rings. The maximum absolute atomic E-state index is 12.4. The third-order valence-electron chi connectivity index (χ3n) is 6.13. The number of rotatable bonds is 6. The van der Waals surface area contributed by atoms with Gasteiger partial charge in [0, 0.05) is 49.7 Å². The summed E-state index contributed by atoms with van der Waals surface area (Å²) < 4.78 is 1.84. The van der Waals surface area contributed by atoms with E-state index in [1.807, 2.05) is 22.8 Å². The fourth-order valence-corrected chi connectivity index (χ4v) is 4.17. The lowest BCUT2D eigenvalue weighted by Gasteiger charge is -2.32. The third kappa shape index (κ3) is 4.09. The van der Waals surface area contributed by atoms with Crippen LogP contribution in [0.3, 0.4) is 0 Å². The van der Waals surface area contributed by atoms with Gasteiger partial charge in [-0.25, -0.2) is 9.50 Å². The molecular weight excluding hydrogens is 420 g/mol. The fourth-order valence-electron chi connectivity index (χ4n) is 4.17. The van der Waals surface area contributed by atoms with Gasteiger partial charge in [-0.05, 0) is 37.8 Å². The molecule has 168 valence electrons. The lowest BCUT2D eigenvalue weighted by atomic mass is 10.1. The van der Waals surface area contributed by atoms with Crippen molar-refractivity contribution in [1.29, 1.82) is 0 Å². The number of H-pyrrole nitrogens is 1. The van der Waals surface area contributed by atoms with E-state index in [0.29, 0.717) is 17.6 Å². The molecule has 0 radical (unpaired) electrons. The molecule has 33 heavy (non-hydrogen) atoms. The average Bonchev–Trinajstić information content (AvgIpc) is 3.40. The van der Waals surface area contributed by atoms with Crippen LogP contribution >= 0.6 is 0 Å². The van der Waals surface area contributed by atoms with Gasteiger partial charge in [-0.1, -0.05) is 0 Å². The first-order valence-corrected chi connectivity index (χ1v) is 11.2. The Morgan fingerprint density at radius 1 is 1.15 bits per heavy atom. The molecular formula is C22H24N10O. The zero-order valence-electron chi connectivity index (χ0n) is 18.0. The highest BCUT2D eigenvalue weighted by atomic mass is 16.1. The van der Waals surface area contributed by atoms with E-state index in [-0.39, 0.29) is 11.9 Å². The third-order valence-corrected chi connectivity index (χ3v) is 6.13. The predicted molar refractivity (Wildman–Crippen MR) is 122 cm³/mol. The molecule has 1 aliphatic heterocycles. The van der Waals surface area contributed by atoms with E-state index < -0.39 is 0 Å². The van der Waals surface area contributed by atoms with E-state index in [4.69, 9.17) is 10.1 Å². The summed E-state index contributed by atoms with van der Waals surface area (Å²) >= 11 is 0. The van der Waals surface area contributed by atoms with Gasteiger partial charge in [0.15, 0.2) is 5.82 Å². The smallest absolute Gasteiger partial charge is 0.271 e. The lowest BCUT2D eigenvalue weighted by molar-refractivity contribution is 0.0925. The molecule has 3 N–H and O–H groups in total. The number of amides is 1. The molecule has 0 aromatic carbocycles. The molecule has 11 heteroatoms. The topological polar surface area (TPSA) is 129 Å². The van der Waals surface area contributed by atoms with E-state index in [9.17, 15) is 4.79 Å². The van der Waals surface area contributed by atoms with Gasteiger partial charge in [-0.3, -0.25) is 14.9 Å². The number of fused-ring (bicyclic) bond motifs is 1. The molecule has 11 nitrogen and oxygen atoms in total. The van der Waals surface area contributed by atoms with Crippen LogP contribution in [-0.4, -0.2) is 59.8 Å². The number of carbonyl (C=O) groups excluding carboxylic acids is 1. The van der Waals surface area contributed by atoms with E-state index in [1.54, 1.807) is 6.20 Å². The number of carbonyl (C=O) groups is 1. The van der Waals surface area contributed by atoms with E-state index in [2.05, 4.69) is 41.8 Å². The Kier molecular flexibility index (Phi) is 4.85. The zero-order valence-corrected chi connectivity index (χ0v) is 18.0. The molecule has 0 atom stereocenters. The zero-order chi connectivity index (χ0) is 22.2. The second kappa shape index (κ2) is 8.15. The number of piperidine rings is 1. The highest BCUT2D eigenvalue weighted by Gasteiger charge is 2.27. The van der Waals surface area contributed by atoms with Crippen molar-refractivity contribution >= 4 is 29.0 Å². The minimum Gasteiger partial charge on any atom is -0.348 e. The Balaban J connectivity index is 1.15. The summed E-state index contributed by atoms with van der Waals surface area (Å²) in [6.07, 6.45) is 10.5. The van der Waals surface area contributed by atoms with Gasteiger partial charge < -0.3 is 15.5 Å². The molecule has 2 aliphatic rings. The molecule has 1 aliphatic carbocycles. The van der Waals surface area contributed by atoms with Crippen molar-refractivity contribution in [2.45, 2.75) is 37.6 Å². The summed E-state index contributed by atoms with van der Waals surface area (Å²) in [4.78, 5) is 27.4. The first-order chi connectivity index (χ1) is 16.2. The van der Waals surface area contributed by atoms with Crippen molar-refractivity contribution in [3.8, 4) is 0 Å². The molecule has 0 spiro atoms. The van der Waals surface area contributed by atoms with Crippen LogP contribution in [0.25, 0.3) is 5.52 Å². The number of aromatic nitrogens is 7. The van der Waals surface area contributed by atoms with E-state index >= 15 is 0 Å². The Morgan fingerprint density at radius 3 is 2.82 bits per heavy atom. The normalized spacial score (nSPS) is 16.8. The van der Waals surface area contributed by atoms with Crippen molar-refractivity contribution < 1.29 is 4.79 Å². The summed E-state index contributed by atoms with van der Waals surface area (Å²) in [5.41, 5.74) is 2.33. The van der Waals surface area contributed by atoms with Crippen LogP contribution in [0.1, 0.15) is 47.8 Å². The molecule has 4 aromatic rings. The van der Waals surface area contributed by atoms with Crippen LogP contribution < -0.4 is 15.5 Å². The number of aromatic amines is 1. The molecule has 1 saturated carbocycles. The standard InChI is InChI=1S/C22H24N10O/c33-21(17-13-23-7-8-24-17)25-15-5-10-31(11-6-15)22-27-20(18-2-1-9-32(18)30-22)26-19-12-16(28-29-19)14-3-4-14/h1-2,7-9,12-15H,3-6,10-11H2,(H,25,33)(H2,26,27,28,29,30). The quantitative estimate of drug-likeness (QED) is 0.413. The second-order valence-electron chi connectivity index (χ2n) is 8.53. The molecule has 4 aromatic heterocycles. The number of nitrogens with one attached hydrogen (secondary N) is 3. The van der Waals surface area contributed by atoms with Gasteiger partial charge in [-0.15, -0.1) is 5.10 Å². The maximum atomic E-state index is 12.4. The van der Waals surface area contributed by atoms with Crippen molar-refractivity contribution in [3.63, 3.8) is 0 Å². The number of nitrogens with zero attached hydrogens (tertiary/aromatic N) is 7. The molecule has 1 saturated heterocycles. The van der Waals surface area contributed by atoms with Crippen molar-refractivity contribution in [2.24, 2.45) is 0 Å². The van der Waals surface area contributed by atoms with Gasteiger partial charge >= 0.3 is 0 Å². The van der Waals surface area contributed by atoms with Gasteiger partial charge in [-0.2, -0.15) is 10.1 Å². The van der Waals surface area contributed by atoms with Crippen LogP contribution in [0.4, 0.5) is 17.6 Å². The van der Waals surface area contributed by atoms with Gasteiger partial charge in [0.05, 0.1) is 11.9 Å². The van der Waals surface area contributed by atoms with Gasteiger partial charge in [0.25, 0.3) is 5.91 Å². The summed E-state index contributed by atoms with van der Waals surface area (Å²) in [7, 11) is 0. The Hall–Kier alpha value is -4.02. The second-order valence-corrected chi connectivity index (χ2v) is 8.53. The largest absolute Gasteiger partial charge is 0.348 e. The first-order valence-electron chi connectivity index (χ1n) is 11.2. The van der Waals surface area contributed by atoms with Crippen molar-refractivity contribution in [1.82, 2.24) is 40.1 Å². The Labute approximate surface area is 189 Å². The van der Waals surface area contributed by atoms with Crippen molar-refractivity contribution in [2.75, 3.05) is 23.3 Å². The first kappa shape index (κ1) is 19.6. The summed E-state index contributed by atoms with van der Waals surface area (Å²) in [5, 5.41) is 18.6. The molecule has 0 unspecified atom stereocenters. The summed E-state index contributed by atoms with van der Waals surface area (Å²) in [6, 6.07) is 6.08. The fraction of sp³-hybridized carbons (Fsp3) is 0.364. The predicted octanol–water partition coefficient (Wildman–Crippen LogP) is 2.26. The highest BCUT2D eigenvalue weighted by Crippen LogP contribution is 2.39. The molecule has 6 rings (SSSR count). The maximum Gasteiger partial charge on any atom is 0.271 e. The van der Waals surface area contributed by atoms with Crippen LogP contribution in [0, 0.1) is 0 Å². The minimum atomic E-state index is -0.192. The van der Waals surface area contributed by atoms with Crippen molar-refractivity contribution in [3.05, 3.63) is 54.4 Å².